The highest BCUT2D eigenvalue weighted by molar-refractivity contribution is 6.13. The van der Waals surface area contributed by atoms with Crippen molar-refractivity contribution in [3.05, 3.63) is 70.0 Å². The number of esters is 1. The predicted octanol–water partition coefficient (Wildman–Crippen LogP) is 4.74. The Morgan fingerprint density at radius 1 is 1.13 bits per heavy atom. The fourth-order valence-electron chi connectivity index (χ4n) is 3.48. The minimum Gasteiger partial charge on any atom is -0.461 e. The molecule has 0 radical (unpaired) electrons. The second-order valence-corrected chi connectivity index (χ2v) is 6.68. The number of hydrogen-bond donors (Lipinski definition) is 1. The van der Waals surface area contributed by atoms with Crippen molar-refractivity contribution in [2.24, 2.45) is 0 Å². The van der Waals surface area contributed by atoms with Gasteiger partial charge in [-0.15, -0.1) is 0 Å². The number of hydrogen-bond acceptors (Lipinski definition) is 7. The summed E-state index contributed by atoms with van der Waals surface area (Å²) in [6.07, 6.45) is 1.58. The van der Waals surface area contributed by atoms with E-state index in [0.717, 1.165) is 21.8 Å². The van der Waals surface area contributed by atoms with E-state index in [1.165, 1.54) is 31.4 Å². The van der Waals surface area contributed by atoms with Crippen LogP contribution in [0.15, 0.2) is 48.7 Å². The molecule has 2 aromatic carbocycles. The van der Waals surface area contributed by atoms with Crippen molar-refractivity contribution in [2.45, 2.75) is 13.5 Å². The van der Waals surface area contributed by atoms with E-state index in [-0.39, 0.29) is 24.6 Å². The first-order chi connectivity index (χ1) is 15.0. The van der Waals surface area contributed by atoms with Gasteiger partial charge in [-0.3, -0.25) is 10.1 Å². The molecule has 0 saturated carbocycles. The molecule has 4 aromatic rings. The van der Waals surface area contributed by atoms with Gasteiger partial charge in [0, 0.05) is 30.2 Å². The molecule has 0 saturated heterocycles. The number of nitrogens with zero attached hydrogens (tertiary/aromatic N) is 2. The molecule has 2 heterocycles. The van der Waals surface area contributed by atoms with Gasteiger partial charge in [-0.2, -0.15) is 0 Å². The number of H-pyrrole nitrogens is 1. The predicted molar refractivity (Wildman–Crippen MR) is 113 cm³/mol. The van der Waals surface area contributed by atoms with E-state index in [2.05, 4.69) is 9.97 Å². The molecule has 0 aliphatic rings. The highest BCUT2D eigenvalue weighted by Crippen LogP contribution is 2.38. The van der Waals surface area contributed by atoms with Crippen molar-refractivity contribution in [1.29, 1.82) is 0 Å². The summed E-state index contributed by atoms with van der Waals surface area (Å²) in [5.74, 6) is 0.441. The first kappa shape index (κ1) is 20.3. The number of fused-ring (bicyclic) bond motifs is 3. The van der Waals surface area contributed by atoms with Gasteiger partial charge in [0.1, 0.15) is 11.5 Å². The third-order valence-corrected chi connectivity index (χ3v) is 4.76. The normalized spacial score (nSPS) is 11.0. The molecule has 9 nitrogen and oxygen atoms in total. The Kier molecular flexibility index (Phi) is 5.50. The van der Waals surface area contributed by atoms with Crippen molar-refractivity contribution in [3.8, 4) is 11.5 Å². The van der Waals surface area contributed by atoms with Crippen molar-refractivity contribution in [2.75, 3.05) is 13.7 Å². The number of aromatic amines is 1. The van der Waals surface area contributed by atoms with Gasteiger partial charge in [0.2, 0.25) is 0 Å². The number of aromatic nitrogens is 2. The molecular weight excluding hydrogens is 402 g/mol. The molecule has 0 bridgehead atoms. The Labute approximate surface area is 176 Å². The van der Waals surface area contributed by atoms with E-state index >= 15 is 0 Å². The largest absolute Gasteiger partial charge is 0.461 e. The maximum atomic E-state index is 12.5. The number of nitrogens with one attached hydrogen (secondary N) is 1. The highest BCUT2D eigenvalue weighted by atomic mass is 16.6. The van der Waals surface area contributed by atoms with Crippen molar-refractivity contribution >= 4 is 33.5 Å². The lowest BCUT2D eigenvalue weighted by Crippen LogP contribution is -2.11. The van der Waals surface area contributed by atoms with Gasteiger partial charge in [0.25, 0.3) is 5.69 Å². The summed E-state index contributed by atoms with van der Waals surface area (Å²) in [6, 6.07) is 11.3. The van der Waals surface area contributed by atoms with E-state index in [1.807, 2.05) is 12.1 Å². The minimum absolute atomic E-state index is 0.0230. The lowest BCUT2D eigenvalue weighted by Gasteiger charge is -2.11. The molecule has 1 N–H and O–H groups in total. The number of carbonyl (C=O) groups is 1. The maximum Gasteiger partial charge on any atom is 0.357 e. The van der Waals surface area contributed by atoms with Gasteiger partial charge in [-0.05, 0) is 31.2 Å². The van der Waals surface area contributed by atoms with Gasteiger partial charge in [-0.25, -0.2) is 9.78 Å². The summed E-state index contributed by atoms with van der Waals surface area (Å²) in [5.41, 5.74) is 2.25. The van der Waals surface area contributed by atoms with Crippen LogP contribution in [0.25, 0.3) is 21.8 Å². The van der Waals surface area contributed by atoms with E-state index in [1.54, 1.807) is 19.2 Å². The Hall–Kier alpha value is -3.98. The molecule has 0 spiro atoms. The molecule has 0 aliphatic carbocycles. The number of nitro groups is 1. The van der Waals surface area contributed by atoms with E-state index < -0.39 is 10.9 Å². The van der Waals surface area contributed by atoms with Gasteiger partial charge in [0.15, 0.2) is 5.69 Å². The molecule has 0 amide bonds. The Balaban J connectivity index is 1.89. The van der Waals surface area contributed by atoms with Crippen LogP contribution in [0.5, 0.6) is 11.5 Å². The number of non-ortho nitro benzene ring substituents is 1. The highest BCUT2D eigenvalue weighted by Gasteiger charge is 2.22. The Morgan fingerprint density at radius 2 is 1.90 bits per heavy atom. The quantitative estimate of drug-likeness (QED) is 0.260. The molecule has 4 rings (SSSR count). The first-order valence-corrected chi connectivity index (χ1v) is 9.54. The first-order valence-electron chi connectivity index (χ1n) is 9.54. The van der Waals surface area contributed by atoms with Gasteiger partial charge in [0.05, 0.1) is 40.8 Å². The average Bonchev–Trinajstić information content (AvgIpc) is 3.14. The summed E-state index contributed by atoms with van der Waals surface area (Å²) >= 11 is 0. The van der Waals surface area contributed by atoms with Gasteiger partial charge < -0.3 is 19.2 Å². The molecule has 0 unspecified atom stereocenters. The summed E-state index contributed by atoms with van der Waals surface area (Å²) < 4.78 is 16.6. The number of benzene rings is 2. The fourth-order valence-corrected chi connectivity index (χ4v) is 3.48. The van der Waals surface area contributed by atoms with E-state index in [9.17, 15) is 14.9 Å². The summed E-state index contributed by atoms with van der Waals surface area (Å²) in [6.45, 7) is 2.11. The molecule has 0 aliphatic heterocycles. The standard InChI is InChI=1S/C22H19N3O6/c1-3-30-22(26)21-15(12-29-2)19-17(11-23-21)24-16-5-4-6-18(20(16)19)31-14-9-7-13(8-10-14)25(27)28/h4-11,24H,3,12H2,1-2H3. The second-order valence-electron chi connectivity index (χ2n) is 6.68. The zero-order valence-corrected chi connectivity index (χ0v) is 16.9. The van der Waals surface area contributed by atoms with Crippen molar-refractivity contribution < 1.29 is 23.9 Å². The molecule has 158 valence electrons. The zero-order chi connectivity index (χ0) is 22.0. The molecule has 9 heteroatoms. The molecule has 0 fully saturated rings. The number of rotatable bonds is 7. The number of ether oxygens (including phenoxy) is 3. The van der Waals surface area contributed by atoms with Crippen LogP contribution in [0.3, 0.4) is 0 Å². The summed E-state index contributed by atoms with van der Waals surface area (Å²) in [7, 11) is 1.54. The van der Waals surface area contributed by atoms with Crippen LogP contribution >= 0.6 is 0 Å². The topological polar surface area (TPSA) is 117 Å². The smallest absolute Gasteiger partial charge is 0.357 e. The lowest BCUT2D eigenvalue weighted by molar-refractivity contribution is -0.384. The van der Waals surface area contributed by atoms with Crippen LogP contribution in [0.4, 0.5) is 5.69 Å². The lowest BCUT2D eigenvalue weighted by atomic mass is 10.0. The number of methoxy groups -OCH3 is 1. The molecule has 31 heavy (non-hydrogen) atoms. The van der Waals surface area contributed by atoms with Gasteiger partial charge >= 0.3 is 5.97 Å². The van der Waals surface area contributed by atoms with Crippen molar-refractivity contribution in [3.63, 3.8) is 0 Å². The summed E-state index contributed by atoms with van der Waals surface area (Å²) in [4.78, 5) is 30.5. The van der Waals surface area contributed by atoms with Crippen LogP contribution in [-0.4, -0.2) is 34.6 Å². The number of carbonyl (C=O) groups excluding carboxylic acids is 1. The maximum absolute atomic E-state index is 12.5. The number of nitro benzene ring substituents is 1. The number of pyridine rings is 1. The fraction of sp³-hybridized carbons (Fsp3) is 0.182. The minimum atomic E-state index is -0.528. The monoisotopic (exact) mass is 421 g/mol. The molecular formula is C22H19N3O6. The van der Waals surface area contributed by atoms with Gasteiger partial charge in [-0.1, -0.05) is 6.07 Å². The average molecular weight is 421 g/mol. The summed E-state index contributed by atoms with van der Waals surface area (Å²) in [5, 5.41) is 12.4. The third-order valence-electron chi connectivity index (χ3n) is 4.76. The van der Waals surface area contributed by atoms with Crippen LogP contribution in [0, 0.1) is 10.1 Å². The molecule has 2 aromatic heterocycles. The van der Waals surface area contributed by atoms with E-state index in [0.29, 0.717) is 17.1 Å². The van der Waals surface area contributed by atoms with Crippen LogP contribution in [-0.2, 0) is 16.1 Å². The Bertz CT molecular complexity index is 1280. The van der Waals surface area contributed by atoms with Crippen LogP contribution in [0.1, 0.15) is 23.0 Å². The molecule has 0 atom stereocenters. The van der Waals surface area contributed by atoms with Crippen molar-refractivity contribution in [1.82, 2.24) is 9.97 Å². The third kappa shape index (κ3) is 3.78. The van der Waals surface area contributed by atoms with E-state index in [4.69, 9.17) is 14.2 Å². The zero-order valence-electron chi connectivity index (χ0n) is 16.9. The van der Waals surface area contributed by atoms with Crippen LogP contribution < -0.4 is 4.74 Å². The second kappa shape index (κ2) is 8.41. The SMILES string of the molecule is CCOC(=O)c1ncc2[nH]c3cccc(Oc4ccc([N+](=O)[O-])cc4)c3c2c1COC. The Morgan fingerprint density at radius 3 is 2.58 bits per heavy atom. The van der Waals surface area contributed by atoms with Crippen LogP contribution in [0.2, 0.25) is 0 Å².